The van der Waals surface area contributed by atoms with Crippen molar-refractivity contribution in [2.75, 3.05) is 27.3 Å². The topological polar surface area (TPSA) is 237 Å². The number of nitrogens with one attached hydrogen (secondary N) is 4. The van der Waals surface area contributed by atoms with E-state index in [4.69, 9.17) is 47.7 Å². The van der Waals surface area contributed by atoms with Crippen molar-refractivity contribution in [3.63, 3.8) is 0 Å². The molecule has 0 aromatic heterocycles. The van der Waals surface area contributed by atoms with Crippen LogP contribution in [0.4, 0.5) is 4.79 Å². The molecular formula is C33H54N4O15. The van der Waals surface area contributed by atoms with Crippen LogP contribution in [-0.2, 0) is 61.8 Å². The smallest absolute Gasteiger partial charge is 0.407 e. The molecule has 19 nitrogen and oxygen atoms in total. The highest BCUT2D eigenvalue weighted by molar-refractivity contribution is 5.81. The van der Waals surface area contributed by atoms with Crippen molar-refractivity contribution in [1.29, 1.82) is 0 Å². The number of carboxylic acid groups (broad SMARTS) is 1. The van der Waals surface area contributed by atoms with Gasteiger partial charge in [0.15, 0.2) is 24.2 Å². The summed E-state index contributed by atoms with van der Waals surface area (Å²) in [5, 5.41) is 19.6. The van der Waals surface area contributed by atoms with Crippen molar-refractivity contribution < 1.29 is 71.7 Å². The Morgan fingerprint density at radius 3 is 1.56 bits per heavy atom. The molecule has 5 N–H and O–H groups in total. The number of methoxy groups -OCH3 is 2. The van der Waals surface area contributed by atoms with Gasteiger partial charge < -0.3 is 69.0 Å². The summed E-state index contributed by atoms with van der Waals surface area (Å²) in [7, 11) is 2.91. The van der Waals surface area contributed by atoms with Gasteiger partial charge in [0.05, 0.1) is 18.5 Å². The van der Waals surface area contributed by atoms with Gasteiger partial charge in [-0.1, -0.05) is 0 Å². The molecule has 296 valence electrons. The highest BCUT2D eigenvalue weighted by Gasteiger charge is 2.58. The lowest BCUT2D eigenvalue weighted by atomic mass is 9.99. The predicted molar refractivity (Wildman–Crippen MR) is 176 cm³/mol. The van der Waals surface area contributed by atoms with Gasteiger partial charge >= 0.3 is 12.1 Å². The number of aliphatic carboxylic acids is 1. The largest absolute Gasteiger partial charge is 0.481 e. The van der Waals surface area contributed by atoms with Gasteiger partial charge in [-0.2, -0.15) is 0 Å². The molecule has 0 aromatic carbocycles. The van der Waals surface area contributed by atoms with E-state index in [1.165, 1.54) is 14.2 Å². The van der Waals surface area contributed by atoms with Crippen molar-refractivity contribution in [3.05, 3.63) is 0 Å². The van der Waals surface area contributed by atoms with Gasteiger partial charge in [-0.25, -0.2) is 4.79 Å². The number of amides is 4. The van der Waals surface area contributed by atoms with E-state index < -0.39 is 108 Å². The summed E-state index contributed by atoms with van der Waals surface area (Å²) >= 11 is 0. The summed E-state index contributed by atoms with van der Waals surface area (Å²) in [6.45, 7) is 11.8. The molecule has 4 aliphatic heterocycles. The van der Waals surface area contributed by atoms with Gasteiger partial charge in [0, 0.05) is 46.6 Å². The van der Waals surface area contributed by atoms with Crippen molar-refractivity contribution >= 4 is 29.8 Å². The van der Waals surface area contributed by atoms with Gasteiger partial charge in [0.1, 0.15) is 42.2 Å². The molecule has 4 heterocycles. The van der Waals surface area contributed by atoms with E-state index in [0.717, 1.165) is 0 Å². The number of carbonyl (C=O) groups is 5. The zero-order valence-electron chi connectivity index (χ0n) is 31.2. The quantitative estimate of drug-likeness (QED) is 0.140. The SMILES string of the molecule is CO[C@@H]1[C@H]2OC(C)(C)O[C@H]2O[C@@H]1[C@H](CC(=O)NCCC(=O)O)NC(=O)CCNC(=O)C[C@H](NC(=O)OC(C)(C)C)[C@H]1O[C@@H]2OC(C)(C)O[C@@H]2[C@H]1OC. The van der Waals surface area contributed by atoms with Crippen LogP contribution in [0.2, 0.25) is 0 Å². The van der Waals surface area contributed by atoms with Crippen LogP contribution in [0.15, 0.2) is 0 Å². The molecule has 0 saturated carbocycles. The number of hydrogen-bond acceptors (Lipinski definition) is 14. The predicted octanol–water partition coefficient (Wildman–Crippen LogP) is 0.0247. The minimum Gasteiger partial charge on any atom is -0.481 e. The third-order valence-electron chi connectivity index (χ3n) is 8.59. The molecule has 0 aliphatic carbocycles. The fourth-order valence-corrected chi connectivity index (χ4v) is 6.60. The molecule has 52 heavy (non-hydrogen) atoms. The van der Waals surface area contributed by atoms with E-state index in [1.807, 2.05) is 0 Å². The van der Waals surface area contributed by atoms with Crippen LogP contribution in [0, 0.1) is 0 Å². The second-order valence-corrected chi connectivity index (χ2v) is 15.0. The molecule has 0 unspecified atom stereocenters. The molecule has 4 rings (SSSR count). The lowest BCUT2D eigenvalue weighted by Gasteiger charge is -2.31. The first kappa shape index (κ1) is 41.6. The Morgan fingerprint density at radius 1 is 0.692 bits per heavy atom. The first-order valence-electron chi connectivity index (χ1n) is 17.3. The Hall–Kier alpha value is -3.17. The van der Waals surface area contributed by atoms with Crippen LogP contribution in [-0.4, -0.2) is 141 Å². The van der Waals surface area contributed by atoms with Gasteiger partial charge in [-0.05, 0) is 48.5 Å². The molecule has 10 atom stereocenters. The average molecular weight is 747 g/mol. The summed E-state index contributed by atoms with van der Waals surface area (Å²) in [5.41, 5.74) is -0.812. The van der Waals surface area contributed by atoms with Gasteiger partial charge in [-0.3, -0.25) is 19.2 Å². The molecule has 0 aromatic rings. The number of alkyl carbamates (subject to hydrolysis) is 1. The normalized spacial score (nSPS) is 31.2. The monoisotopic (exact) mass is 746 g/mol. The van der Waals surface area contributed by atoms with Crippen LogP contribution in [0.5, 0.6) is 0 Å². The van der Waals surface area contributed by atoms with E-state index in [1.54, 1.807) is 48.5 Å². The molecule has 4 amide bonds. The minimum atomic E-state index is -1.08. The third-order valence-corrected chi connectivity index (χ3v) is 8.59. The maximum absolute atomic E-state index is 13.2. The molecule has 0 radical (unpaired) electrons. The zero-order chi connectivity index (χ0) is 38.6. The number of carboxylic acids is 1. The summed E-state index contributed by atoms with van der Waals surface area (Å²) in [6, 6.07) is -1.86. The van der Waals surface area contributed by atoms with Crippen LogP contribution in [0.1, 0.15) is 74.1 Å². The Balaban J connectivity index is 1.37. The minimum absolute atomic E-state index is 0.100. The van der Waals surface area contributed by atoms with Crippen molar-refractivity contribution in [1.82, 2.24) is 21.3 Å². The molecule has 19 heteroatoms. The second kappa shape index (κ2) is 16.9. The summed E-state index contributed by atoms with van der Waals surface area (Å²) < 4.78 is 52.5. The number of ether oxygens (including phenoxy) is 9. The van der Waals surface area contributed by atoms with Gasteiger partial charge in [0.2, 0.25) is 17.7 Å². The van der Waals surface area contributed by atoms with E-state index >= 15 is 0 Å². The number of rotatable bonds is 16. The average Bonchev–Trinajstić information content (AvgIpc) is 3.68. The number of fused-ring (bicyclic) bond motifs is 2. The highest BCUT2D eigenvalue weighted by atomic mass is 16.9. The van der Waals surface area contributed by atoms with Crippen molar-refractivity contribution in [2.24, 2.45) is 0 Å². The maximum atomic E-state index is 13.2. The molecule has 4 saturated heterocycles. The second-order valence-electron chi connectivity index (χ2n) is 15.0. The van der Waals surface area contributed by atoms with E-state index in [0.29, 0.717) is 0 Å². The lowest BCUT2D eigenvalue weighted by molar-refractivity contribution is -0.220. The highest BCUT2D eigenvalue weighted by Crippen LogP contribution is 2.41. The Labute approximate surface area is 302 Å². The van der Waals surface area contributed by atoms with Gasteiger partial charge in [-0.15, -0.1) is 0 Å². The molecule has 0 bridgehead atoms. The number of carbonyl (C=O) groups excluding carboxylic acids is 4. The van der Waals surface area contributed by atoms with Crippen LogP contribution in [0.3, 0.4) is 0 Å². The summed E-state index contributed by atoms with van der Waals surface area (Å²) in [6.07, 6.45) is -7.75. The first-order valence-corrected chi connectivity index (χ1v) is 17.3. The number of hydrogen-bond donors (Lipinski definition) is 5. The van der Waals surface area contributed by atoms with Crippen LogP contribution < -0.4 is 21.3 Å². The first-order chi connectivity index (χ1) is 24.2. The van der Waals surface area contributed by atoms with Crippen molar-refractivity contribution in [2.45, 2.75) is 153 Å². The third kappa shape index (κ3) is 11.2. The van der Waals surface area contributed by atoms with Crippen LogP contribution in [0.25, 0.3) is 0 Å². The van der Waals surface area contributed by atoms with Crippen molar-refractivity contribution in [3.8, 4) is 0 Å². The van der Waals surface area contributed by atoms with E-state index in [-0.39, 0.29) is 38.8 Å². The summed E-state index contributed by atoms with van der Waals surface area (Å²) in [4.78, 5) is 62.9. The molecule has 4 fully saturated rings. The fraction of sp³-hybridized carbons (Fsp3) is 0.848. The molecule has 0 spiro atoms. The summed E-state index contributed by atoms with van der Waals surface area (Å²) in [5.74, 6) is -4.48. The van der Waals surface area contributed by atoms with Gasteiger partial charge in [0.25, 0.3) is 0 Å². The molecule has 4 aliphatic rings. The Kier molecular flexibility index (Phi) is 13.5. The maximum Gasteiger partial charge on any atom is 0.407 e. The lowest BCUT2D eigenvalue weighted by Crippen LogP contribution is -2.53. The zero-order valence-corrected chi connectivity index (χ0v) is 31.2. The fourth-order valence-electron chi connectivity index (χ4n) is 6.60. The Bertz CT molecular complexity index is 1310. The molecular weight excluding hydrogens is 692 g/mol. The standard InChI is InChI=1S/C33H54N4O15/c1-31(2,3)52-30(43)37-17(23-25(45-9)27-29(47-23)51-33(6,7)49-27)15-20(40)34-12-10-18(38)36-16(14-19(39)35-13-11-21(41)42)22-24(44-8)26-28(46-22)50-32(4,5)48-26/h16-17,22-29H,10-15H2,1-9H3,(H,34,40)(H,35,39)(H,36,38)(H,37,43)(H,41,42)/t16-,17-,22+,23+,24-,25-,26+,27+,28+,29+/m0/s1. The van der Waals surface area contributed by atoms with E-state index in [2.05, 4.69) is 21.3 Å². The Morgan fingerprint density at radius 2 is 1.13 bits per heavy atom. The van der Waals surface area contributed by atoms with Crippen LogP contribution >= 0.6 is 0 Å². The van der Waals surface area contributed by atoms with E-state index in [9.17, 15) is 24.0 Å².